The molecule has 1 amide bonds. The van der Waals surface area contributed by atoms with Crippen LogP contribution in [0, 0.1) is 0 Å². The largest absolute Gasteiger partial charge is 0.465 e. The summed E-state index contributed by atoms with van der Waals surface area (Å²) in [5.41, 5.74) is 0. The standard InChI is InChI=1S/C3H6FNO2/c4-1-2-5-3(6)7/h5H,1-2H2,(H,6,7). The summed E-state index contributed by atoms with van der Waals surface area (Å²) >= 11 is 0. The van der Waals surface area contributed by atoms with Crippen LogP contribution in [0.25, 0.3) is 0 Å². The van der Waals surface area contributed by atoms with E-state index in [9.17, 15) is 9.18 Å². The van der Waals surface area contributed by atoms with Gasteiger partial charge in [-0.05, 0) is 0 Å². The molecule has 7 heavy (non-hydrogen) atoms. The van der Waals surface area contributed by atoms with E-state index in [2.05, 4.69) is 0 Å². The molecule has 0 bridgehead atoms. The molecule has 3 nitrogen and oxygen atoms in total. The Kier molecular flexibility index (Phi) is 3.00. The lowest BCUT2D eigenvalue weighted by atomic mass is 10.7. The van der Waals surface area contributed by atoms with Gasteiger partial charge in [-0.1, -0.05) is 0 Å². The molecule has 0 rings (SSSR count). The van der Waals surface area contributed by atoms with Crippen LogP contribution >= 0.6 is 0 Å². The fourth-order valence-electron chi connectivity index (χ4n) is 0.154. The summed E-state index contributed by atoms with van der Waals surface area (Å²) in [6.45, 7) is -0.762. The second-order valence-electron chi connectivity index (χ2n) is 0.921. The number of rotatable bonds is 2. The lowest BCUT2D eigenvalue weighted by Crippen LogP contribution is -2.22. The first-order valence-electron chi connectivity index (χ1n) is 1.80. The van der Waals surface area contributed by atoms with Gasteiger partial charge in [0.2, 0.25) is 0 Å². The van der Waals surface area contributed by atoms with Gasteiger partial charge in [-0.3, -0.25) is 0 Å². The Bertz CT molecular complexity index is 66.0. The molecule has 2 N–H and O–H groups in total. The van der Waals surface area contributed by atoms with E-state index in [1.54, 1.807) is 0 Å². The summed E-state index contributed by atoms with van der Waals surface area (Å²) in [7, 11) is 0. The molecule has 0 fully saturated rings. The van der Waals surface area contributed by atoms with Crippen LogP contribution in [0.2, 0.25) is 0 Å². The van der Waals surface area contributed by atoms with Crippen molar-refractivity contribution < 1.29 is 14.3 Å². The molecule has 0 aliphatic carbocycles. The molecule has 0 aliphatic heterocycles. The summed E-state index contributed by atoms with van der Waals surface area (Å²) in [6, 6.07) is 0. The third kappa shape index (κ3) is 5.20. The van der Waals surface area contributed by atoms with Gasteiger partial charge < -0.3 is 10.4 Å². The summed E-state index contributed by atoms with van der Waals surface area (Å²) in [6.07, 6.45) is -1.18. The molecule has 0 spiro atoms. The van der Waals surface area contributed by atoms with Crippen molar-refractivity contribution in [1.82, 2.24) is 5.32 Å². The highest BCUT2D eigenvalue weighted by molar-refractivity contribution is 5.64. The van der Waals surface area contributed by atoms with Crippen molar-refractivity contribution in [3.05, 3.63) is 0 Å². The van der Waals surface area contributed by atoms with Crippen molar-refractivity contribution in [3.8, 4) is 0 Å². The number of carbonyl (C=O) groups is 1. The number of alkyl halides is 1. The van der Waals surface area contributed by atoms with Crippen molar-refractivity contribution in [2.75, 3.05) is 13.2 Å². The Hall–Kier alpha value is -0.800. The summed E-state index contributed by atoms with van der Waals surface area (Å²) < 4.78 is 11.0. The first-order chi connectivity index (χ1) is 3.27. The average molecular weight is 107 g/mol. The molecule has 4 heteroatoms. The minimum Gasteiger partial charge on any atom is -0.465 e. The van der Waals surface area contributed by atoms with Crippen molar-refractivity contribution in [2.45, 2.75) is 0 Å². The SMILES string of the molecule is O=C(O)NCCF. The van der Waals surface area contributed by atoms with Crippen molar-refractivity contribution >= 4 is 6.09 Å². The quantitative estimate of drug-likeness (QED) is 0.530. The fraction of sp³-hybridized carbons (Fsp3) is 0.667. The van der Waals surface area contributed by atoms with E-state index in [1.165, 1.54) is 0 Å². The third-order valence-electron chi connectivity index (χ3n) is 0.371. The predicted octanol–water partition coefficient (Wildman–Crippen LogP) is 0.223. The monoisotopic (exact) mass is 107 g/mol. The van der Waals surface area contributed by atoms with Gasteiger partial charge in [0, 0.05) is 6.54 Å². The topological polar surface area (TPSA) is 49.3 Å². The maximum Gasteiger partial charge on any atom is 0.404 e. The van der Waals surface area contributed by atoms with Gasteiger partial charge in [-0.2, -0.15) is 0 Å². The smallest absolute Gasteiger partial charge is 0.404 e. The van der Waals surface area contributed by atoms with Crippen LogP contribution in [-0.2, 0) is 0 Å². The van der Waals surface area contributed by atoms with Gasteiger partial charge >= 0.3 is 6.09 Å². The highest BCUT2D eigenvalue weighted by Gasteiger charge is 1.88. The molecule has 0 atom stereocenters. The molecule has 0 saturated carbocycles. The lowest BCUT2D eigenvalue weighted by Gasteiger charge is -1.90. The molecule has 0 unspecified atom stereocenters. The number of amides is 1. The minimum atomic E-state index is -1.18. The van der Waals surface area contributed by atoms with Crippen LogP contribution in [0.15, 0.2) is 0 Å². The molecule has 0 aromatic carbocycles. The van der Waals surface area contributed by atoms with E-state index in [4.69, 9.17) is 5.11 Å². The summed E-state index contributed by atoms with van der Waals surface area (Å²) in [4.78, 5) is 9.48. The minimum absolute atomic E-state index is 0.116. The molecule has 0 heterocycles. The second kappa shape index (κ2) is 3.39. The molecular formula is C3H6FNO2. The van der Waals surface area contributed by atoms with E-state index < -0.39 is 12.8 Å². The Morgan fingerprint density at radius 2 is 2.43 bits per heavy atom. The number of carboxylic acid groups (broad SMARTS) is 1. The molecule has 0 saturated heterocycles. The van der Waals surface area contributed by atoms with E-state index in [0.29, 0.717) is 0 Å². The highest BCUT2D eigenvalue weighted by Crippen LogP contribution is 1.62. The molecular weight excluding hydrogens is 101 g/mol. The van der Waals surface area contributed by atoms with Crippen LogP contribution in [0.1, 0.15) is 0 Å². The van der Waals surface area contributed by atoms with Gasteiger partial charge in [-0.15, -0.1) is 0 Å². The van der Waals surface area contributed by atoms with E-state index in [1.807, 2.05) is 5.32 Å². The van der Waals surface area contributed by atoms with Gasteiger partial charge in [0.05, 0.1) is 0 Å². The summed E-state index contributed by atoms with van der Waals surface area (Å²) in [5.74, 6) is 0. The zero-order valence-electron chi connectivity index (χ0n) is 3.65. The number of nitrogens with one attached hydrogen (secondary N) is 1. The Morgan fingerprint density at radius 1 is 1.86 bits per heavy atom. The number of hydrogen-bond acceptors (Lipinski definition) is 1. The zero-order chi connectivity index (χ0) is 5.70. The third-order valence-corrected chi connectivity index (χ3v) is 0.371. The van der Waals surface area contributed by atoms with Crippen LogP contribution in [-0.4, -0.2) is 24.4 Å². The van der Waals surface area contributed by atoms with Crippen molar-refractivity contribution in [1.29, 1.82) is 0 Å². The zero-order valence-corrected chi connectivity index (χ0v) is 3.65. The van der Waals surface area contributed by atoms with E-state index >= 15 is 0 Å². The average Bonchev–Trinajstić information content (AvgIpc) is 1.61. The van der Waals surface area contributed by atoms with Crippen LogP contribution in [0.5, 0.6) is 0 Å². The Balaban J connectivity index is 2.82. The molecule has 0 aromatic rings. The second-order valence-corrected chi connectivity index (χ2v) is 0.921. The number of hydrogen-bond donors (Lipinski definition) is 2. The van der Waals surface area contributed by atoms with Crippen molar-refractivity contribution in [2.24, 2.45) is 0 Å². The predicted molar refractivity (Wildman–Crippen MR) is 22.0 cm³/mol. The number of halogens is 1. The normalized spacial score (nSPS) is 8.14. The first-order valence-corrected chi connectivity index (χ1v) is 1.80. The van der Waals surface area contributed by atoms with Gasteiger partial charge in [0.15, 0.2) is 0 Å². The molecule has 0 aliphatic rings. The van der Waals surface area contributed by atoms with Crippen LogP contribution < -0.4 is 5.32 Å². The molecule has 0 aromatic heterocycles. The van der Waals surface area contributed by atoms with E-state index in [-0.39, 0.29) is 6.54 Å². The Morgan fingerprint density at radius 3 is 2.57 bits per heavy atom. The van der Waals surface area contributed by atoms with Gasteiger partial charge in [0.25, 0.3) is 0 Å². The lowest BCUT2D eigenvalue weighted by molar-refractivity contribution is 0.193. The van der Waals surface area contributed by atoms with Gasteiger partial charge in [-0.25, -0.2) is 9.18 Å². The van der Waals surface area contributed by atoms with Crippen LogP contribution in [0.3, 0.4) is 0 Å². The van der Waals surface area contributed by atoms with Crippen molar-refractivity contribution in [3.63, 3.8) is 0 Å². The molecule has 42 valence electrons. The van der Waals surface area contributed by atoms with E-state index in [0.717, 1.165) is 0 Å². The van der Waals surface area contributed by atoms with Crippen LogP contribution in [0.4, 0.5) is 9.18 Å². The summed E-state index contributed by atoms with van der Waals surface area (Å²) in [5, 5.41) is 9.60. The maximum absolute atomic E-state index is 11.0. The van der Waals surface area contributed by atoms with Gasteiger partial charge in [0.1, 0.15) is 6.67 Å². The maximum atomic E-state index is 11.0. The molecule has 0 radical (unpaired) electrons. The fourth-order valence-corrected chi connectivity index (χ4v) is 0.154. The highest BCUT2D eigenvalue weighted by atomic mass is 19.1. The Labute approximate surface area is 40.1 Å². The first kappa shape index (κ1) is 6.20.